The molecule has 1 fully saturated rings. The lowest BCUT2D eigenvalue weighted by Gasteiger charge is -2.26. The molecule has 1 amide bonds. The van der Waals surface area contributed by atoms with E-state index in [-0.39, 0.29) is 5.91 Å². The Morgan fingerprint density at radius 3 is 2.68 bits per heavy atom. The van der Waals surface area contributed by atoms with E-state index in [9.17, 15) is 10.1 Å². The van der Waals surface area contributed by atoms with E-state index >= 15 is 0 Å². The van der Waals surface area contributed by atoms with Crippen molar-refractivity contribution in [2.24, 2.45) is 5.92 Å². The summed E-state index contributed by atoms with van der Waals surface area (Å²) in [6.45, 7) is 4.28. The summed E-state index contributed by atoms with van der Waals surface area (Å²) >= 11 is 0. The van der Waals surface area contributed by atoms with E-state index in [0.717, 1.165) is 32.2 Å². The summed E-state index contributed by atoms with van der Waals surface area (Å²) in [6, 6.07) is 12.6. The number of rotatable bonds is 11. The molecule has 136 valence electrons. The van der Waals surface area contributed by atoms with E-state index in [1.165, 1.54) is 5.56 Å². The monoisotopic (exact) mass is 343 g/mol. The quantitative estimate of drug-likeness (QED) is 0.670. The van der Waals surface area contributed by atoms with Crippen LogP contribution in [-0.4, -0.2) is 49.7 Å². The van der Waals surface area contributed by atoms with E-state index in [0.29, 0.717) is 25.6 Å². The maximum Gasteiger partial charge on any atom is 0.235 e. The van der Waals surface area contributed by atoms with Crippen LogP contribution >= 0.6 is 0 Å². The lowest BCUT2D eigenvalue weighted by atomic mass is 9.98. The van der Waals surface area contributed by atoms with Gasteiger partial charge in [0.25, 0.3) is 0 Å². The van der Waals surface area contributed by atoms with E-state index in [1.54, 1.807) is 7.11 Å². The molecule has 25 heavy (non-hydrogen) atoms. The molecule has 5 nitrogen and oxygen atoms in total. The third-order valence-electron chi connectivity index (χ3n) is 4.79. The number of hydrogen-bond donors (Lipinski definition) is 1. The van der Waals surface area contributed by atoms with Gasteiger partial charge in [0.15, 0.2) is 0 Å². The number of carbonyl (C=O) groups excluding carboxylic acids is 1. The number of nitriles is 1. The Hall–Kier alpha value is -1.90. The van der Waals surface area contributed by atoms with Gasteiger partial charge in [-0.2, -0.15) is 5.26 Å². The van der Waals surface area contributed by atoms with Crippen molar-refractivity contribution in [2.45, 2.75) is 38.1 Å². The molecule has 1 atom stereocenters. The van der Waals surface area contributed by atoms with E-state index in [2.05, 4.69) is 28.4 Å². The number of hydrogen-bond acceptors (Lipinski definition) is 4. The fourth-order valence-electron chi connectivity index (χ4n) is 3.06. The molecule has 1 aliphatic carbocycles. The fraction of sp³-hybridized carbons (Fsp3) is 0.600. The average Bonchev–Trinajstić information content (AvgIpc) is 3.46. The first-order valence-electron chi connectivity index (χ1n) is 9.05. The first-order chi connectivity index (χ1) is 12.1. The predicted molar refractivity (Wildman–Crippen MR) is 98.0 cm³/mol. The lowest BCUT2D eigenvalue weighted by molar-refractivity contribution is -0.123. The van der Waals surface area contributed by atoms with Gasteiger partial charge in [-0.05, 0) is 50.6 Å². The molecule has 0 aliphatic heterocycles. The van der Waals surface area contributed by atoms with Gasteiger partial charge in [-0.1, -0.05) is 30.3 Å². The van der Waals surface area contributed by atoms with Crippen molar-refractivity contribution in [1.29, 1.82) is 5.26 Å². The van der Waals surface area contributed by atoms with Gasteiger partial charge < -0.3 is 10.1 Å². The molecule has 5 heteroatoms. The highest BCUT2D eigenvalue weighted by atomic mass is 16.5. The third-order valence-corrected chi connectivity index (χ3v) is 4.79. The van der Waals surface area contributed by atoms with Gasteiger partial charge >= 0.3 is 0 Å². The van der Waals surface area contributed by atoms with Crippen LogP contribution in [0.5, 0.6) is 0 Å². The van der Waals surface area contributed by atoms with Crippen molar-refractivity contribution < 1.29 is 9.53 Å². The maximum atomic E-state index is 12.4. The van der Waals surface area contributed by atoms with Crippen LogP contribution < -0.4 is 5.32 Å². The van der Waals surface area contributed by atoms with Crippen LogP contribution in [0.1, 0.15) is 31.7 Å². The van der Waals surface area contributed by atoms with Crippen LogP contribution in [0.25, 0.3) is 0 Å². The van der Waals surface area contributed by atoms with Crippen molar-refractivity contribution in [1.82, 2.24) is 10.2 Å². The number of methoxy groups -OCH3 is 1. The Balaban J connectivity index is 1.81. The summed E-state index contributed by atoms with van der Waals surface area (Å²) in [6.07, 6.45) is 4.02. The Morgan fingerprint density at radius 1 is 1.36 bits per heavy atom. The van der Waals surface area contributed by atoms with Crippen molar-refractivity contribution in [2.75, 3.05) is 33.4 Å². The molecule has 1 saturated carbocycles. The molecule has 1 aromatic carbocycles. The maximum absolute atomic E-state index is 12.4. The van der Waals surface area contributed by atoms with Gasteiger partial charge in [0.2, 0.25) is 5.91 Å². The molecular formula is C20H29N3O2. The average molecular weight is 343 g/mol. The summed E-state index contributed by atoms with van der Waals surface area (Å²) in [7, 11) is 1.67. The van der Waals surface area contributed by atoms with E-state index in [4.69, 9.17) is 4.74 Å². The minimum Gasteiger partial charge on any atom is -0.383 e. The second-order valence-corrected chi connectivity index (χ2v) is 6.99. The molecule has 0 unspecified atom stereocenters. The number of carbonyl (C=O) groups is 1. The molecule has 0 bridgehead atoms. The number of aryl methyl sites for hydroxylation is 1. The van der Waals surface area contributed by atoms with Crippen molar-refractivity contribution in [3.8, 4) is 6.07 Å². The molecule has 0 radical (unpaired) electrons. The van der Waals surface area contributed by atoms with Crippen LogP contribution in [0, 0.1) is 17.2 Å². The van der Waals surface area contributed by atoms with Crippen LogP contribution in [0.15, 0.2) is 30.3 Å². The molecule has 0 heterocycles. The molecule has 1 aromatic rings. The molecule has 0 saturated heterocycles. The summed E-state index contributed by atoms with van der Waals surface area (Å²) in [5.74, 6) is 0.221. The summed E-state index contributed by atoms with van der Waals surface area (Å²) in [5.41, 5.74) is 0.582. The minimum absolute atomic E-state index is 0.0771. The molecule has 0 aromatic heterocycles. The zero-order valence-corrected chi connectivity index (χ0v) is 15.3. The zero-order chi connectivity index (χ0) is 18.1. The Labute approximate surface area is 151 Å². The normalized spacial score (nSPS) is 16.2. The summed E-state index contributed by atoms with van der Waals surface area (Å²) in [4.78, 5) is 14.5. The minimum atomic E-state index is -0.728. The first-order valence-corrected chi connectivity index (χ1v) is 9.05. The number of benzene rings is 1. The third kappa shape index (κ3) is 6.49. The van der Waals surface area contributed by atoms with Gasteiger partial charge in [0, 0.05) is 13.7 Å². The highest BCUT2D eigenvalue weighted by Crippen LogP contribution is 2.39. The van der Waals surface area contributed by atoms with Gasteiger partial charge in [0.05, 0.1) is 19.2 Å². The largest absolute Gasteiger partial charge is 0.383 e. The summed E-state index contributed by atoms with van der Waals surface area (Å²) < 4.78 is 5.16. The van der Waals surface area contributed by atoms with Crippen LogP contribution in [0.4, 0.5) is 0 Å². The predicted octanol–water partition coefficient (Wildman–Crippen LogP) is 2.38. The first kappa shape index (κ1) is 19.4. The number of ether oxygens (including phenoxy) is 1. The lowest BCUT2D eigenvalue weighted by Crippen LogP contribution is -2.50. The van der Waals surface area contributed by atoms with Crippen molar-refractivity contribution in [3.63, 3.8) is 0 Å². The van der Waals surface area contributed by atoms with Gasteiger partial charge in [-0.25, -0.2) is 0 Å². The Morgan fingerprint density at radius 2 is 2.08 bits per heavy atom. The summed E-state index contributed by atoms with van der Waals surface area (Å²) in [5, 5.41) is 12.3. The van der Waals surface area contributed by atoms with Crippen molar-refractivity contribution in [3.05, 3.63) is 35.9 Å². The smallest absolute Gasteiger partial charge is 0.235 e. The standard InChI is InChI=1S/C20H29N3O2/c1-20(16-21,18-10-11-18)22-19(24)15-23(13-14-25-2)12-6-9-17-7-4-3-5-8-17/h3-5,7-8,18H,6,9-15H2,1-2H3,(H,22,24)/t20-/m0/s1. The van der Waals surface area contributed by atoms with Crippen molar-refractivity contribution >= 4 is 5.91 Å². The van der Waals surface area contributed by atoms with E-state index < -0.39 is 5.54 Å². The van der Waals surface area contributed by atoms with Gasteiger partial charge in [-0.3, -0.25) is 9.69 Å². The molecule has 2 rings (SSSR count). The second-order valence-electron chi connectivity index (χ2n) is 6.99. The molecular weight excluding hydrogens is 314 g/mol. The number of nitrogens with one attached hydrogen (secondary N) is 1. The van der Waals surface area contributed by atoms with E-state index in [1.807, 2.05) is 25.1 Å². The highest BCUT2D eigenvalue weighted by Gasteiger charge is 2.43. The fourth-order valence-corrected chi connectivity index (χ4v) is 3.06. The topological polar surface area (TPSA) is 65.4 Å². The molecule has 1 aliphatic rings. The van der Waals surface area contributed by atoms with Gasteiger partial charge in [0.1, 0.15) is 5.54 Å². The molecule has 1 N–H and O–H groups in total. The van der Waals surface area contributed by atoms with Crippen LogP contribution in [-0.2, 0) is 16.0 Å². The number of nitrogens with zero attached hydrogens (tertiary/aromatic N) is 2. The SMILES string of the molecule is COCCN(CCCc1ccccc1)CC(=O)N[C@@](C)(C#N)C1CC1. The van der Waals surface area contributed by atoms with Crippen LogP contribution in [0.2, 0.25) is 0 Å². The molecule has 0 spiro atoms. The zero-order valence-electron chi connectivity index (χ0n) is 15.3. The Bertz CT molecular complexity index is 580. The van der Waals surface area contributed by atoms with Crippen LogP contribution in [0.3, 0.4) is 0 Å². The second kappa shape index (κ2) is 9.55. The highest BCUT2D eigenvalue weighted by molar-refractivity contribution is 5.79. The van der Waals surface area contributed by atoms with Gasteiger partial charge in [-0.15, -0.1) is 0 Å². The Kier molecular flexibility index (Phi) is 7.42. The number of amides is 1.